The van der Waals surface area contributed by atoms with E-state index >= 15 is 0 Å². The number of para-hydroxylation sites is 1. The molecule has 4 heteroatoms. The van der Waals surface area contributed by atoms with Gasteiger partial charge in [0, 0.05) is 19.6 Å². The highest BCUT2D eigenvalue weighted by atomic mass is 19.1. The SMILES string of the molecule is CCNCc1cccc(F)c1N1CCC(C(C)O)CC1. The van der Waals surface area contributed by atoms with Crippen LogP contribution in [0.3, 0.4) is 0 Å². The van der Waals surface area contributed by atoms with Gasteiger partial charge in [0.2, 0.25) is 0 Å². The topological polar surface area (TPSA) is 35.5 Å². The molecule has 2 N–H and O–H groups in total. The van der Waals surface area contributed by atoms with Crippen LogP contribution in [0.1, 0.15) is 32.3 Å². The molecule has 1 saturated heterocycles. The van der Waals surface area contributed by atoms with Gasteiger partial charge in [-0.15, -0.1) is 0 Å². The number of hydrogen-bond acceptors (Lipinski definition) is 3. The Balaban J connectivity index is 2.12. The summed E-state index contributed by atoms with van der Waals surface area (Å²) >= 11 is 0. The lowest BCUT2D eigenvalue weighted by molar-refractivity contribution is 0.110. The van der Waals surface area contributed by atoms with Crippen LogP contribution in [0.2, 0.25) is 0 Å². The van der Waals surface area contributed by atoms with Gasteiger partial charge in [-0.05, 0) is 43.9 Å². The molecule has 0 saturated carbocycles. The molecule has 0 aromatic heterocycles. The van der Waals surface area contributed by atoms with Crippen LogP contribution in [0.5, 0.6) is 0 Å². The number of nitrogens with one attached hydrogen (secondary N) is 1. The molecule has 20 heavy (non-hydrogen) atoms. The highest BCUT2D eigenvalue weighted by Crippen LogP contribution is 2.30. The quantitative estimate of drug-likeness (QED) is 0.870. The molecule has 1 unspecified atom stereocenters. The van der Waals surface area contributed by atoms with Crippen molar-refractivity contribution in [1.29, 1.82) is 0 Å². The zero-order chi connectivity index (χ0) is 14.5. The minimum Gasteiger partial charge on any atom is -0.393 e. The molecular weight excluding hydrogens is 255 g/mol. The third-order valence-corrected chi connectivity index (χ3v) is 4.17. The maximum atomic E-state index is 14.2. The Bertz CT molecular complexity index is 428. The molecule has 1 aromatic carbocycles. The minimum absolute atomic E-state index is 0.143. The predicted octanol–water partition coefficient (Wildman–Crippen LogP) is 2.53. The maximum absolute atomic E-state index is 14.2. The van der Waals surface area contributed by atoms with E-state index in [1.807, 2.05) is 19.9 Å². The summed E-state index contributed by atoms with van der Waals surface area (Å²) in [5, 5.41) is 12.9. The maximum Gasteiger partial charge on any atom is 0.146 e. The van der Waals surface area contributed by atoms with E-state index in [2.05, 4.69) is 10.2 Å². The number of rotatable bonds is 5. The number of nitrogens with zero attached hydrogens (tertiary/aromatic N) is 1. The first kappa shape index (κ1) is 15.3. The highest BCUT2D eigenvalue weighted by Gasteiger charge is 2.25. The van der Waals surface area contributed by atoms with Gasteiger partial charge in [-0.1, -0.05) is 19.1 Å². The summed E-state index contributed by atoms with van der Waals surface area (Å²) in [5.41, 5.74) is 1.75. The largest absolute Gasteiger partial charge is 0.393 e. The Morgan fingerprint density at radius 1 is 1.40 bits per heavy atom. The van der Waals surface area contributed by atoms with Crippen LogP contribution >= 0.6 is 0 Å². The third kappa shape index (κ3) is 3.49. The number of benzene rings is 1. The summed E-state index contributed by atoms with van der Waals surface area (Å²) in [6.07, 6.45) is 1.58. The van der Waals surface area contributed by atoms with E-state index in [0.29, 0.717) is 12.5 Å². The van der Waals surface area contributed by atoms with Gasteiger partial charge < -0.3 is 15.3 Å². The normalized spacial score (nSPS) is 18.3. The van der Waals surface area contributed by atoms with Crippen molar-refractivity contribution in [1.82, 2.24) is 5.32 Å². The van der Waals surface area contributed by atoms with Gasteiger partial charge in [-0.2, -0.15) is 0 Å². The number of aliphatic hydroxyl groups is 1. The third-order valence-electron chi connectivity index (χ3n) is 4.17. The van der Waals surface area contributed by atoms with Gasteiger partial charge in [0.1, 0.15) is 5.82 Å². The van der Waals surface area contributed by atoms with Crippen LogP contribution in [-0.4, -0.2) is 30.8 Å². The first-order valence-corrected chi connectivity index (χ1v) is 7.54. The van der Waals surface area contributed by atoms with Crippen molar-refractivity contribution < 1.29 is 9.50 Å². The molecule has 0 spiro atoms. The predicted molar refractivity (Wildman–Crippen MR) is 80.4 cm³/mol. The molecule has 1 aliphatic rings. The van der Waals surface area contributed by atoms with E-state index in [1.165, 1.54) is 6.07 Å². The van der Waals surface area contributed by atoms with Crippen LogP contribution in [0.15, 0.2) is 18.2 Å². The first-order chi connectivity index (χ1) is 9.63. The van der Waals surface area contributed by atoms with Crippen LogP contribution in [0.4, 0.5) is 10.1 Å². The Hall–Kier alpha value is -1.13. The zero-order valence-corrected chi connectivity index (χ0v) is 12.4. The average molecular weight is 280 g/mol. The van der Waals surface area contributed by atoms with Crippen molar-refractivity contribution in [2.24, 2.45) is 5.92 Å². The summed E-state index contributed by atoms with van der Waals surface area (Å²) in [6, 6.07) is 5.29. The van der Waals surface area contributed by atoms with Gasteiger partial charge in [-0.25, -0.2) is 4.39 Å². The van der Waals surface area contributed by atoms with Crippen molar-refractivity contribution >= 4 is 5.69 Å². The summed E-state index contributed by atoms with van der Waals surface area (Å²) in [6.45, 7) is 7.10. The van der Waals surface area contributed by atoms with E-state index in [4.69, 9.17) is 0 Å². The van der Waals surface area contributed by atoms with Crippen LogP contribution in [0.25, 0.3) is 0 Å². The van der Waals surface area contributed by atoms with E-state index in [1.54, 1.807) is 6.07 Å². The smallest absolute Gasteiger partial charge is 0.146 e. The summed E-state index contributed by atoms with van der Waals surface area (Å²) in [7, 11) is 0. The van der Waals surface area contributed by atoms with E-state index in [0.717, 1.165) is 43.7 Å². The van der Waals surface area contributed by atoms with Crippen molar-refractivity contribution in [3.05, 3.63) is 29.6 Å². The summed E-state index contributed by atoms with van der Waals surface area (Å²) < 4.78 is 14.2. The number of halogens is 1. The first-order valence-electron chi connectivity index (χ1n) is 7.54. The van der Waals surface area contributed by atoms with E-state index in [-0.39, 0.29) is 11.9 Å². The van der Waals surface area contributed by atoms with Crippen molar-refractivity contribution in [3.63, 3.8) is 0 Å². The molecule has 112 valence electrons. The molecule has 1 atom stereocenters. The number of hydrogen-bond donors (Lipinski definition) is 2. The number of aliphatic hydroxyl groups excluding tert-OH is 1. The Kier molecular flexibility index (Phi) is 5.38. The lowest BCUT2D eigenvalue weighted by atomic mass is 9.91. The molecule has 0 bridgehead atoms. The highest BCUT2D eigenvalue weighted by molar-refractivity contribution is 5.55. The molecule has 0 radical (unpaired) electrons. The van der Waals surface area contributed by atoms with Crippen molar-refractivity contribution in [3.8, 4) is 0 Å². The summed E-state index contributed by atoms with van der Waals surface area (Å²) in [5.74, 6) is 0.200. The molecule has 0 amide bonds. The van der Waals surface area contributed by atoms with Gasteiger partial charge >= 0.3 is 0 Å². The Labute approximate surface area is 120 Å². The molecule has 1 aromatic rings. The molecule has 1 fully saturated rings. The van der Waals surface area contributed by atoms with Crippen LogP contribution < -0.4 is 10.2 Å². The Morgan fingerprint density at radius 3 is 2.70 bits per heavy atom. The fourth-order valence-corrected chi connectivity index (χ4v) is 2.92. The lowest BCUT2D eigenvalue weighted by Crippen LogP contribution is -2.38. The second-order valence-corrected chi connectivity index (χ2v) is 5.59. The molecule has 0 aliphatic carbocycles. The average Bonchev–Trinajstić information content (AvgIpc) is 2.45. The van der Waals surface area contributed by atoms with Gasteiger partial charge in [-0.3, -0.25) is 0 Å². The van der Waals surface area contributed by atoms with Gasteiger partial charge in [0.15, 0.2) is 0 Å². The zero-order valence-electron chi connectivity index (χ0n) is 12.4. The molecule has 2 rings (SSSR count). The van der Waals surface area contributed by atoms with E-state index < -0.39 is 0 Å². The Morgan fingerprint density at radius 2 is 2.10 bits per heavy atom. The molecular formula is C16H25FN2O. The second-order valence-electron chi connectivity index (χ2n) is 5.59. The molecule has 1 aliphatic heterocycles. The fourth-order valence-electron chi connectivity index (χ4n) is 2.92. The minimum atomic E-state index is -0.265. The second kappa shape index (κ2) is 7.04. The van der Waals surface area contributed by atoms with Gasteiger partial charge in [0.05, 0.1) is 11.8 Å². The van der Waals surface area contributed by atoms with E-state index in [9.17, 15) is 9.50 Å². The van der Waals surface area contributed by atoms with Crippen molar-refractivity contribution in [2.45, 2.75) is 39.3 Å². The summed E-state index contributed by atoms with van der Waals surface area (Å²) in [4.78, 5) is 2.13. The number of piperidine rings is 1. The van der Waals surface area contributed by atoms with Crippen LogP contribution in [-0.2, 0) is 6.54 Å². The molecule has 1 heterocycles. The fraction of sp³-hybridized carbons (Fsp3) is 0.625. The van der Waals surface area contributed by atoms with Crippen molar-refractivity contribution in [2.75, 3.05) is 24.5 Å². The molecule has 3 nitrogen and oxygen atoms in total. The van der Waals surface area contributed by atoms with Gasteiger partial charge in [0.25, 0.3) is 0 Å². The monoisotopic (exact) mass is 280 g/mol. The lowest BCUT2D eigenvalue weighted by Gasteiger charge is -2.36. The number of anilines is 1. The standard InChI is InChI=1S/C16H25FN2O/c1-3-18-11-14-5-4-6-15(17)16(14)19-9-7-13(8-10-19)12(2)20/h4-6,12-13,18,20H,3,7-11H2,1-2H3. The van der Waals surface area contributed by atoms with Crippen LogP contribution in [0, 0.1) is 11.7 Å².